The van der Waals surface area contributed by atoms with E-state index in [1.807, 2.05) is 54.5 Å². The van der Waals surface area contributed by atoms with Gasteiger partial charge in [-0.05, 0) is 109 Å². The monoisotopic (exact) mass is 870 g/mol. The van der Waals surface area contributed by atoms with Crippen molar-refractivity contribution in [3.8, 4) is 34.0 Å². The van der Waals surface area contributed by atoms with E-state index in [2.05, 4.69) is 52.9 Å². The van der Waals surface area contributed by atoms with Crippen LogP contribution >= 0.6 is 0 Å². The molecule has 0 radical (unpaired) electrons. The summed E-state index contributed by atoms with van der Waals surface area (Å²) in [6.45, 7) is 22.0. The van der Waals surface area contributed by atoms with Gasteiger partial charge in [-0.3, -0.25) is 19.9 Å². The van der Waals surface area contributed by atoms with Crippen LogP contribution < -0.4 is 20.5 Å². The average Bonchev–Trinajstić information content (AvgIpc) is 3.14. The van der Waals surface area contributed by atoms with Crippen molar-refractivity contribution in [1.29, 1.82) is 0 Å². The summed E-state index contributed by atoms with van der Waals surface area (Å²) in [6, 6.07) is 11.0. The fraction of sp³-hybridized carbons (Fsp3) is 0.408. The average molecular weight is 871 g/mol. The first kappa shape index (κ1) is 48.1. The number of ether oxygens (including phenoxy) is 3. The van der Waals surface area contributed by atoms with E-state index in [1.54, 1.807) is 30.6 Å². The lowest BCUT2D eigenvalue weighted by atomic mass is 9.91. The van der Waals surface area contributed by atoms with Crippen LogP contribution in [0.5, 0.6) is 11.5 Å². The van der Waals surface area contributed by atoms with Crippen LogP contribution in [0.25, 0.3) is 44.3 Å². The molecule has 0 bridgehead atoms. The molecule has 10 nitrogen and oxygen atoms in total. The number of carbonyl (C=O) groups excluding carboxylic acids is 1. The molecule has 0 aliphatic heterocycles. The van der Waals surface area contributed by atoms with Crippen molar-refractivity contribution in [2.75, 3.05) is 13.2 Å². The van der Waals surface area contributed by atoms with Gasteiger partial charge in [0, 0.05) is 64.1 Å². The van der Waals surface area contributed by atoms with Gasteiger partial charge in [-0.15, -0.1) is 0 Å². The Labute approximate surface area is 367 Å². The van der Waals surface area contributed by atoms with Crippen LogP contribution in [0.2, 0.25) is 0 Å². The second-order valence-electron chi connectivity index (χ2n) is 18.6. The Hall–Kier alpha value is -5.89. The summed E-state index contributed by atoms with van der Waals surface area (Å²) in [4.78, 5) is 29.5. The molecule has 0 unspecified atom stereocenters. The molecule has 2 atom stereocenters. The fourth-order valence-electron chi connectivity index (χ4n) is 7.59. The number of hydrogen-bond donors (Lipinski definition) is 2. The van der Waals surface area contributed by atoms with Crippen LogP contribution in [-0.4, -0.2) is 55.9 Å². The predicted molar refractivity (Wildman–Crippen MR) is 240 cm³/mol. The van der Waals surface area contributed by atoms with Crippen molar-refractivity contribution in [2.45, 2.75) is 106 Å². The topological polar surface area (TPSA) is 134 Å². The van der Waals surface area contributed by atoms with Crippen LogP contribution in [0.15, 0.2) is 73.3 Å². The lowest BCUT2D eigenvalue weighted by molar-refractivity contribution is 0.0407. The highest BCUT2D eigenvalue weighted by Crippen LogP contribution is 2.33. The maximum atomic E-state index is 14.6. The first-order chi connectivity index (χ1) is 29.4. The molecule has 0 fully saturated rings. The van der Waals surface area contributed by atoms with Gasteiger partial charge in [0.05, 0.1) is 40.4 Å². The van der Waals surface area contributed by atoms with Gasteiger partial charge in [0.15, 0.2) is 0 Å². The molecule has 3 N–H and O–H groups in total. The number of carbonyl (C=O) groups is 1. The van der Waals surface area contributed by atoms with Gasteiger partial charge in [0.25, 0.3) is 0 Å². The largest absolute Gasteiger partial charge is 0.490 e. The number of pyridine rings is 4. The molecule has 1 amide bonds. The number of nitrogens with zero attached hydrogens (tertiary/aromatic N) is 4. The Morgan fingerprint density at radius 3 is 1.52 bits per heavy atom. The summed E-state index contributed by atoms with van der Waals surface area (Å²) in [5.74, 6) is -0.745. The molecule has 14 heteroatoms. The predicted octanol–water partition coefficient (Wildman–Crippen LogP) is 11.6. The third-order valence-corrected chi connectivity index (χ3v) is 9.83. The molecular formula is C49H58F4N6O4. The smallest absolute Gasteiger partial charge is 0.408 e. The van der Waals surface area contributed by atoms with Gasteiger partial charge in [0.1, 0.15) is 53.6 Å². The standard InChI is InChI=1S/C27H33F2N3O3.C22H25F2N3O/c1-16(2)13-27(7,32-25(33)35-26(4,5)6)15-34-23-14-31-21(10-17(23)3)19-8-9-30-22-12-18(28)11-20(29)24(19)22;1-13(2)10-22(4,25)12-28-20-11-27-18(7-14(20)3)16-5-6-26-19-9-15(23)8-17(24)21(16)19/h8-12,14,16H,13,15H2,1-7H3,(H,32,33);5-9,11,13H,10,12,25H2,1-4H3/t27-;22-/m00/s1. The number of benzene rings is 2. The van der Waals surface area contributed by atoms with Gasteiger partial charge in [-0.2, -0.15) is 0 Å². The summed E-state index contributed by atoms with van der Waals surface area (Å²) in [5, 5.41) is 3.41. The number of halogens is 4. The van der Waals surface area contributed by atoms with Crippen molar-refractivity contribution in [3.05, 3.63) is 108 Å². The van der Waals surface area contributed by atoms with Crippen LogP contribution in [0.1, 0.15) is 86.3 Å². The van der Waals surface area contributed by atoms with Crippen molar-refractivity contribution >= 4 is 27.9 Å². The summed E-state index contributed by atoms with van der Waals surface area (Å²) in [5.41, 5.74) is 8.86. The SMILES string of the molecule is Cc1cc(-c2ccnc3cc(F)cc(F)c23)ncc1OC[C@@](C)(N)CC(C)C.Cc1cc(-c2ccnc3cc(F)cc(F)c23)ncc1OC[C@](C)(CC(C)C)NC(=O)OC(C)(C)C. The Kier molecular flexibility index (Phi) is 15.0. The number of nitrogens with one attached hydrogen (secondary N) is 1. The number of aromatic nitrogens is 4. The minimum absolute atomic E-state index is 0.207. The van der Waals surface area contributed by atoms with E-state index in [0.29, 0.717) is 58.9 Å². The highest BCUT2D eigenvalue weighted by molar-refractivity contribution is 5.95. The van der Waals surface area contributed by atoms with E-state index in [0.717, 1.165) is 29.7 Å². The molecule has 336 valence electrons. The normalized spacial score (nSPS) is 13.6. The first-order valence-electron chi connectivity index (χ1n) is 20.9. The molecule has 0 saturated heterocycles. The van der Waals surface area contributed by atoms with E-state index in [-0.39, 0.29) is 28.4 Å². The van der Waals surface area contributed by atoms with Gasteiger partial charge >= 0.3 is 6.09 Å². The third kappa shape index (κ3) is 13.1. The third-order valence-electron chi connectivity index (χ3n) is 9.83. The fourth-order valence-corrected chi connectivity index (χ4v) is 7.59. The van der Waals surface area contributed by atoms with Crippen molar-refractivity contribution in [2.24, 2.45) is 17.6 Å². The van der Waals surface area contributed by atoms with E-state index in [4.69, 9.17) is 19.9 Å². The van der Waals surface area contributed by atoms with Crippen LogP contribution in [-0.2, 0) is 4.74 Å². The summed E-state index contributed by atoms with van der Waals surface area (Å²) in [6.07, 6.45) is 7.22. The Morgan fingerprint density at radius 1 is 0.667 bits per heavy atom. The number of aryl methyl sites for hydroxylation is 2. The Balaban J connectivity index is 0.000000243. The minimum Gasteiger partial charge on any atom is -0.490 e. The first-order valence-corrected chi connectivity index (χ1v) is 20.9. The minimum atomic E-state index is -0.694. The molecule has 6 aromatic rings. The number of nitrogens with two attached hydrogens (primary N) is 1. The maximum absolute atomic E-state index is 14.6. The van der Waals surface area contributed by atoms with Crippen molar-refractivity contribution < 1.29 is 36.6 Å². The zero-order valence-electron chi connectivity index (χ0n) is 37.9. The lowest BCUT2D eigenvalue weighted by Gasteiger charge is -2.33. The van der Waals surface area contributed by atoms with E-state index in [9.17, 15) is 22.4 Å². The number of hydrogen-bond acceptors (Lipinski definition) is 9. The molecule has 4 heterocycles. The van der Waals surface area contributed by atoms with Gasteiger partial charge < -0.3 is 25.3 Å². The number of alkyl carbamates (subject to hydrolysis) is 1. The second kappa shape index (κ2) is 19.7. The Bertz CT molecular complexity index is 2580. The zero-order valence-corrected chi connectivity index (χ0v) is 37.9. The number of rotatable bonds is 13. The molecule has 4 aromatic heterocycles. The molecule has 2 aromatic carbocycles. The maximum Gasteiger partial charge on any atom is 0.408 e. The van der Waals surface area contributed by atoms with Gasteiger partial charge in [-0.1, -0.05) is 27.7 Å². The highest BCUT2D eigenvalue weighted by atomic mass is 19.1. The Morgan fingerprint density at radius 2 is 1.11 bits per heavy atom. The van der Waals surface area contributed by atoms with Gasteiger partial charge in [0.2, 0.25) is 0 Å². The van der Waals surface area contributed by atoms with Crippen LogP contribution in [0.3, 0.4) is 0 Å². The second-order valence-corrected chi connectivity index (χ2v) is 18.6. The molecule has 0 saturated carbocycles. The van der Waals surface area contributed by atoms with Crippen molar-refractivity contribution in [1.82, 2.24) is 25.3 Å². The van der Waals surface area contributed by atoms with E-state index < -0.39 is 46.0 Å². The molecule has 0 spiro atoms. The van der Waals surface area contributed by atoms with E-state index >= 15 is 0 Å². The van der Waals surface area contributed by atoms with Crippen LogP contribution in [0.4, 0.5) is 22.4 Å². The quantitative estimate of drug-likeness (QED) is 0.109. The van der Waals surface area contributed by atoms with Crippen LogP contribution in [0, 0.1) is 49.0 Å². The summed E-state index contributed by atoms with van der Waals surface area (Å²) < 4.78 is 73.5. The molecule has 6 rings (SSSR count). The molecule has 0 aliphatic rings. The van der Waals surface area contributed by atoms with E-state index in [1.165, 1.54) is 24.5 Å². The summed E-state index contributed by atoms with van der Waals surface area (Å²) >= 11 is 0. The lowest BCUT2D eigenvalue weighted by Crippen LogP contribution is -2.52. The summed E-state index contributed by atoms with van der Waals surface area (Å²) in [7, 11) is 0. The zero-order chi connectivity index (χ0) is 46.4. The van der Waals surface area contributed by atoms with Gasteiger partial charge in [-0.25, -0.2) is 22.4 Å². The number of amides is 1. The van der Waals surface area contributed by atoms with Crippen molar-refractivity contribution in [3.63, 3.8) is 0 Å². The molecular weight excluding hydrogens is 813 g/mol. The molecule has 63 heavy (non-hydrogen) atoms. The molecule has 0 aliphatic carbocycles. The highest BCUT2D eigenvalue weighted by Gasteiger charge is 2.31. The number of fused-ring (bicyclic) bond motifs is 2.